The zero-order chi connectivity index (χ0) is 9.90. The maximum atomic E-state index is 10.7. The van der Waals surface area contributed by atoms with E-state index in [1.807, 2.05) is 30.3 Å². The fourth-order valence-electron chi connectivity index (χ4n) is 1.13. The zero-order valence-corrected chi connectivity index (χ0v) is 7.90. The highest BCUT2D eigenvalue weighted by Crippen LogP contribution is 2.30. The summed E-state index contributed by atoms with van der Waals surface area (Å²) in [6.07, 6.45) is 0.0520. The van der Waals surface area contributed by atoms with Gasteiger partial charge in [0, 0.05) is 0 Å². The van der Waals surface area contributed by atoms with E-state index < -0.39 is 11.5 Å². The molecule has 1 aromatic carbocycles. The van der Waals surface area contributed by atoms with Gasteiger partial charge in [-0.1, -0.05) is 44.2 Å². The first-order valence-corrected chi connectivity index (χ1v) is 4.27. The van der Waals surface area contributed by atoms with Crippen molar-refractivity contribution in [2.75, 3.05) is 0 Å². The fourth-order valence-corrected chi connectivity index (χ4v) is 1.13. The predicted octanol–water partition coefficient (Wildman–Crippen LogP) is 1.95. The lowest BCUT2D eigenvalue weighted by molar-refractivity contribution is -0.120. The molecular weight excluding hydrogens is 164 g/mol. The molecule has 70 valence electrons. The Morgan fingerprint density at radius 2 is 1.85 bits per heavy atom. The maximum absolute atomic E-state index is 10.7. The van der Waals surface area contributed by atoms with E-state index in [0.717, 1.165) is 11.8 Å². The van der Waals surface area contributed by atoms with Crippen LogP contribution in [0.2, 0.25) is 0 Å². The van der Waals surface area contributed by atoms with Gasteiger partial charge in [-0.05, 0) is 5.56 Å². The van der Waals surface area contributed by atoms with Crippen molar-refractivity contribution < 1.29 is 9.90 Å². The largest absolute Gasteiger partial charge is 0.387 e. The van der Waals surface area contributed by atoms with Crippen LogP contribution in [0.25, 0.3) is 0 Å². The number of hydrogen-bond acceptors (Lipinski definition) is 2. The molecule has 2 nitrogen and oxygen atoms in total. The first kappa shape index (κ1) is 9.93. The highest BCUT2D eigenvalue weighted by Gasteiger charge is 2.28. The molecule has 0 aromatic heterocycles. The Labute approximate surface area is 78.2 Å². The van der Waals surface area contributed by atoms with Gasteiger partial charge in [-0.2, -0.15) is 0 Å². The third kappa shape index (κ3) is 2.16. The molecule has 1 N–H and O–H groups in total. The first-order valence-electron chi connectivity index (χ1n) is 4.27. The van der Waals surface area contributed by atoms with Crippen LogP contribution in [0.4, 0.5) is 0 Å². The van der Waals surface area contributed by atoms with Crippen LogP contribution in [0.15, 0.2) is 30.3 Å². The van der Waals surface area contributed by atoms with Crippen molar-refractivity contribution in [1.29, 1.82) is 0 Å². The normalized spacial score (nSPS) is 13.8. The Morgan fingerprint density at radius 3 is 2.31 bits per heavy atom. The summed E-state index contributed by atoms with van der Waals surface area (Å²) in [6.45, 7) is 3.44. The van der Waals surface area contributed by atoms with Crippen molar-refractivity contribution >= 4 is 6.29 Å². The molecule has 1 aromatic rings. The number of carbonyl (C=O) groups is 1. The Morgan fingerprint density at radius 1 is 1.31 bits per heavy atom. The highest BCUT2D eigenvalue weighted by atomic mass is 16.3. The van der Waals surface area contributed by atoms with E-state index in [9.17, 15) is 9.90 Å². The number of hydrogen-bond donors (Lipinski definition) is 1. The van der Waals surface area contributed by atoms with Gasteiger partial charge in [-0.25, -0.2) is 0 Å². The zero-order valence-electron chi connectivity index (χ0n) is 7.90. The molecule has 0 bridgehead atoms. The Kier molecular flexibility index (Phi) is 2.83. The van der Waals surface area contributed by atoms with E-state index in [2.05, 4.69) is 0 Å². The third-order valence-electron chi connectivity index (χ3n) is 2.12. The summed E-state index contributed by atoms with van der Waals surface area (Å²) in [5.41, 5.74) is 0.0565. The average Bonchev–Trinajstić information content (AvgIpc) is 2.18. The summed E-state index contributed by atoms with van der Waals surface area (Å²) >= 11 is 0. The van der Waals surface area contributed by atoms with Crippen LogP contribution >= 0.6 is 0 Å². The Balaban J connectivity index is 2.91. The molecule has 0 spiro atoms. The minimum atomic E-state index is -0.730. The molecule has 0 heterocycles. The van der Waals surface area contributed by atoms with Gasteiger partial charge in [0.1, 0.15) is 6.29 Å². The summed E-state index contributed by atoms with van der Waals surface area (Å²) < 4.78 is 0. The van der Waals surface area contributed by atoms with Gasteiger partial charge < -0.3 is 9.90 Å². The average molecular weight is 178 g/mol. The molecule has 0 aliphatic carbocycles. The monoisotopic (exact) mass is 178 g/mol. The molecule has 1 rings (SSSR count). The van der Waals surface area contributed by atoms with Gasteiger partial charge >= 0.3 is 0 Å². The second-order valence-corrected chi connectivity index (χ2v) is 3.75. The molecule has 13 heavy (non-hydrogen) atoms. The molecule has 1 atom stereocenters. The molecule has 0 amide bonds. The SMILES string of the molecule is CC(C)(C=O)[C@@H](O)c1ccccc1. The van der Waals surface area contributed by atoms with Gasteiger partial charge in [0.05, 0.1) is 11.5 Å². The van der Waals surface area contributed by atoms with Crippen LogP contribution in [0, 0.1) is 5.41 Å². The number of aliphatic hydroxyl groups excluding tert-OH is 1. The molecule has 0 aliphatic heterocycles. The summed E-state index contributed by atoms with van der Waals surface area (Å²) in [6, 6.07) is 9.20. The van der Waals surface area contributed by atoms with Crippen LogP contribution in [-0.4, -0.2) is 11.4 Å². The first-order chi connectivity index (χ1) is 6.08. The summed E-state index contributed by atoms with van der Waals surface area (Å²) in [7, 11) is 0. The van der Waals surface area contributed by atoms with Crippen LogP contribution in [0.5, 0.6) is 0 Å². The minimum absolute atomic E-state index is 0.721. The molecular formula is C11H14O2. The lowest BCUT2D eigenvalue weighted by atomic mass is 9.84. The molecule has 0 fully saturated rings. The second kappa shape index (κ2) is 3.71. The number of carbonyl (C=O) groups excluding carboxylic acids is 1. The molecule has 0 unspecified atom stereocenters. The van der Waals surface area contributed by atoms with E-state index >= 15 is 0 Å². The number of rotatable bonds is 3. The summed E-state index contributed by atoms with van der Waals surface area (Å²) in [5.74, 6) is 0. The Hall–Kier alpha value is -1.15. The molecule has 0 saturated carbocycles. The molecule has 0 radical (unpaired) electrons. The Bertz CT molecular complexity index is 277. The molecule has 0 saturated heterocycles. The van der Waals surface area contributed by atoms with E-state index in [0.29, 0.717) is 0 Å². The van der Waals surface area contributed by atoms with Crippen molar-refractivity contribution in [2.24, 2.45) is 5.41 Å². The molecule has 2 heteroatoms. The van der Waals surface area contributed by atoms with E-state index in [-0.39, 0.29) is 0 Å². The lowest BCUT2D eigenvalue weighted by Gasteiger charge is -2.24. The molecule has 0 aliphatic rings. The van der Waals surface area contributed by atoms with Crippen molar-refractivity contribution in [3.8, 4) is 0 Å². The third-order valence-corrected chi connectivity index (χ3v) is 2.12. The van der Waals surface area contributed by atoms with Crippen molar-refractivity contribution in [1.82, 2.24) is 0 Å². The predicted molar refractivity (Wildman–Crippen MR) is 51.2 cm³/mol. The van der Waals surface area contributed by atoms with Crippen molar-refractivity contribution in [3.05, 3.63) is 35.9 Å². The van der Waals surface area contributed by atoms with Crippen molar-refractivity contribution in [3.63, 3.8) is 0 Å². The van der Waals surface area contributed by atoms with E-state index in [1.165, 1.54) is 0 Å². The number of aldehydes is 1. The van der Waals surface area contributed by atoms with Gasteiger partial charge in [-0.3, -0.25) is 0 Å². The van der Waals surface area contributed by atoms with Gasteiger partial charge in [-0.15, -0.1) is 0 Å². The van der Waals surface area contributed by atoms with Gasteiger partial charge in [0.15, 0.2) is 0 Å². The second-order valence-electron chi connectivity index (χ2n) is 3.75. The van der Waals surface area contributed by atoms with Gasteiger partial charge in [0.25, 0.3) is 0 Å². The van der Waals surface area contributed by atoms with Crippen molar-refractivity contribution in [2.45, 2.75) is 20.0 Å². The van der Waals surface area contributed by atoms with E-state index in [1.54, 1.807) is 13.8 Å². The highest BCUT2D eigenvalue weighted by molar-refractivity contribution is 5.59. The maximum Gasteiger partial charge on any atom is 0.128 e. The standard InChI is InChI=1S/C11H14O2/c1-11(2,8-12)10(13)9-6-4-3-5-7-9/h3-8,10,13H,1-2H3/t10-/m0/s1. The smallest absolute Gasteiger partial charge is 0.128 e. The summed E-state index contributed by atoms with van der Waals surface area (Å²) in [4.78, 5) is 10.7. The fraction of sp³-hybridized carbons (Fsp3) is 0.364. The lowest BCUT2D eigenvalue weighted by Crippen LogP contribution is -2.23. The van der Waals surface area contributed by atoms with Crippen LogP contribution in [0.1, 0.15) is 25.5 Å². The van der Waals surface area contributed by atoms with E-state index in [4.69, 9.17) is 0 Å². The summed E-state index contributed by atoms with van der Waals surface area (Å²) in [5, 5.41) is 9.82. The van der Waals surface area contributed by atoms with Gasteiger partial charge in [0.2, 0.25) is 0 Å². The quantitative estimate of drug-likeness (QED) is 0.718. The topological polar surface area (TPSA) is 37.3 Å². The number of aliphatic hydroxyl groups is 1. The van der Waals surface area contributed by atoms with Crippen LogP contribution in [0.3, 0.4) is 0 Å². The number of benzene rings is 1. The van der Waals surface area contributed by atoms with Crippen LogP contribution < -0.4 is 0 Å². The van der Waals surface area contributed by atoms with Crippen LogP contribution in [-0.2, 0) is 4.79 Å². The minimum Gasteiger partial charge on any atom is -0.387 e.